The van der Waals surface area contributed by atoms with E-state index >= 15 is 0 Å². The molecule has 3 N–H and O–H groups in total. The maximum absolute atomic E-state index is 6.13. The van der Waals surface area contributed by atoms with E-state index in [2.05, 4.69) is 15.0 Å². The fourth-order valence-electron chi connectivity index (χ4n) is 2.15. The number of H-pyrrole nitrogens is 1. The number of nitrogen functional groups attached to an aromatic ring is 1. The SMILES string of the molecule is Cc1cccc(-c2nc3nc(N(C)C)ccc3[nH]2)c1N. The summed E-state index contributed by atoms with van der Waals surface area (Å²) in [5, 5.41) is 0. The molecule has 5 heteroatoms. The van der Waals surface area contributed by atoms with Crippen molar-refractivity contribution in [1.82, 2.24) is 15.0 Å². The van der Waals surface area contributed by atoms with E-state index in [1.165, 1.54) is 0 Å². The first kappa shape index (κ1) is 12.5. The van der Waals surface area contributed by atoms with E-state index in [4.69, 9.17) is 5.73 Å². The number of nitrogens with one attached hydrogen (secondary N) is 1. The van der Waals surface area contributed by atoms with E-state index in [1.807, 2.05) is 56.3 Å². The van der Waals surface area contributed by atoms with Crippen LogP contribution in [0.15, 0.2) is 30.3 Å². The van der Waals surface area contributed by atoms with Crippen molar-refractivity contribution in [3.05, 3.63) is 35.9 Å². The van der Waals surface area contributed by atoms with Crippen LogP contribution in [0.2, 0.25) is 0 Å². The molecule has 0 fully saturated rings. The van der Waals surface area contributed by atoms with Gasteiger partial charge in [-0.25, -0.2) is 9.97 Å². The van der Waals surface area contributed by atoms with Gasteiger partial charge >= 0.3 is 0 Å². The van der Waals surface area contributed by atoms with E-state index in [0.29, 0.717) is 5.65 Å². The summed E-state index contributed by atoms with van der Waals surface area (Å²) in [6.45, 7) is 1.99. The van der Waals surface area contributed by atoms with Crippen molar-refractivity contribution in [3.63, 3.8) is 0 Å². The van der Waals surface area contributed by atoms with Crippen molar-refractivity contribution >= 4 is 22.7 Å². The highest BCUT2D eigenvalue weighted by Gasteiger charge is 2.11. The topological polar surface area (TPSA) is 70.8 Å². The standard InChI is InChI=1S/C15H17N5/c1-9-5-4-6-10(13(9)16)14-17-11-7-8-12(20(2)3)18-15(11)19-14/h4-8H,16H2,1-3H3,(H,17,18,19). The molecular formula is C15H17N5. The number of pyridine rings is 1. The highest BCUT2D eigenvalue weighted by Crippen LogP contribution is 2.27. The number of benzene rings is 1. The van der Waals surface area contributed by atoms with E-state index in [-0.39, 0.29) is 0 Å². The summed E-state index contributed by atoms with van der Waals surface area (Å²) >= 11 is 0. The number of aromatic amines is 1. The summed E-state index contributed by atoms with van der Waals surface area (Å²) in [5.74, 6) is 1.64. The lowest BCUT2D eigenvalue weighted by Gasteiger charge is -2.09. The molecule has 2 heterocycles. The molecule has 0 atom stereocenters. The monoisotopic (exact) mass is 267 g/mol. The maximum atomic E-state index is 6.13. The third-order valence-corrected chi connectivity index (χ3v) is 3.37. The van der Waals surface area contributed by atoms with Crippen LogP contribution in [0.4, 0.5) is 11.5 Å². The van der Waals surface area contributed by atoms with Crippen LogP contribution in [0.25, 0.3) is 22.6 Å². The largest absolute Gasteiger partial charge is 0.398 e. The average Bonchev–Trinajstić information content (AvgIpc) is 2.84. The number of fused-ring (bicyclic) bond motifs is 1. The van der Waals surface area contributed by atoms with Gasteiger partial charge in [0.15, 0.2) is 5.65 Å². The van der Waals surface area contributed by atoms with E-state index in [0.717, 1.165) is 34.0 Å². The first-order valence-corrected chi connectivity index (χ1v) is 6.46. The van der Waals surface area contributed by atoms with Gasteiger partial charge in [-0.15, -0.1) is 0 Å². The molecule has 0 spiro atoms. The van der Waals surface area contributed by atoms with Gasteiger partial charge in [-0.05, 0) is 30.7 Å². The molecule has 0 bridgehead atoms. The van der Waals surface area contributed by atoms with Gasteiger partial charge in [-0.2, -0.15) is 0 Å². The smallest absolute Gasteiger partial charge is 0.180 e. The Morgan fingerprint density at radius 3 is 2.65 bits per heavy atom. The predicted octanol–water partition coefficient (Wildman–Crippen LogP) is 2.58. The highest BCUT2D eigenvalue weighted by molar-refractivity contribution is 5.82. The molecule has 102 valence electrons. The molecule has 1 aromatic carbocycles. The molecule has 0 unspecified atom stereocenters. The van der Waals surface area contributed by atoms with Crippen LogP contribution in [0.3, 0.4) is 0 Å². The van der Waals surface area contributed by atoms with Crippen molar-refractivity contribution in [1.29, 1.82) is 0 Å². The molecule has 0 radical (unpaired) electrons. The van der Waals surface area contributed by atoms with Crippen molar-refractivity contribution in [2.24, 2.45) is 0 Å². The van der Waals surface area contributed by atoms with Gasteiger partial charge in [0.25, 0.3) is 0 Å². The fraction of sp³-hybridized carbons (Fsp3) is 0.200. The van der Waals surface area contributed by atoms with E-state index < -0.39 is 0 Å². The van der Waals surface area contributed by atoms with Crippen molar-refractivity contribution in [3.8, 4) is 11.4 Å². The lowest BCUT2D eigenvalue weighted by Crippen LogP contribution is -2.10. The van der Waals surface area contributed by atoms with Crippen LogP contribution in [0.1, 0.15) is 5.56 Å². The highest BCUT2D eigenvalue weighted by atomic mass is 15.1. The summed E-state index contributed by atoms with van der Waals surface area (Å²) < 4.78 is 0. The van der Waals surface area contributed by atoms with Gasteiger partial charge in [0.2, 0.25) is 0 Å². The Kier molecular flexibility index (Phi) is 2.82. The summed E-state index contributed by atoms with van der Waals surface area (Å²) in [7, 11) is 3.92. The quantitative estimate of drug-likeness (QED) is 0.700. The number of nitrogens with two attached hydrogens (primary N) is 1. The number of anilines is 2. The third-order valence-electron chi connectivity index (χ3n) is 3.37. The second-order valence-corrected chi connectivity index (χ2v) is 5.06. The number of para-hydroxylation sites is 1. The molecule has 5 nitrogen and oxygen atoms in total. The predicted molar refractivity (Wildman–Crippen MR) is 82.8 cm³/mol. The molecule has 3 aromatic rings. The summed E-state index contributed by atoms with van der Waals surface area (Å²) in [4.78, 5) is 14.3. The molecule has 0 aliphatic heterocycles. The van der Waals surface area contributed by atoms with Gasteiger partial charge in [0, 0.05) is 25.3 Å². The maximum Gasteiger partial charge on any atom is 0.180 e. The molecule has 0 aliphatic rings. The first-order chi connectivity index (χ1) is 9.56. The van der Waals surface area contributed by atoms with Crippen LogP contribution in [-0.4, -0.2) is 29.0 Å². The van der Waals surface area contributed by atoms with E-state index in [1.54, 1.807) is 0 Å². The normalized spacial score (nSPS) is 10.9. The molecule has 3 rings (SSSR count). The Bertz CT molecular complexity index is 773. The number of hydrogen-bond acceptors (Lipinski definition) is 4. The molecule has 20 heavy (non-hydrogen) atoms. The van der Waals surface area contributed by atoms with Crippen LogP contribution >= 0.6 is 0 Å². The van der Waals surface area contributed by atoms with Crippen LogP contribution < -0.4 is 10.6 Å². The third kappa shape index (κ3) is 1.97. The molecular weight excluding hydrogens is 250 g/mol. The van der Waals surface area contributed by atoms with Crippen molar-refractivity contribution in [2.45, 2.75) is 6.92 Å². The lowest BCUT2D eigenvalue weighted by atomic mass is 10.1. The van der Waals surface area contributed by atoms with Gasteiger partial charge in [-0.1, -0.05) is 12.1 Å². The summed E-state index contributed by atoms with van der Waals surface area (Å²) in [6.07, 6.45) is 0. The zero-order valence-electron chi connectivity index (χ0n) is 11.8. The first-order valence-electron chi connectivity index (χ1n) is 6.46. The number of hydrogen-bond donors (Lipinski definition) is 2. The Labute approximate surface area is 117 Å². The van der Waals surface area contributed by atoms with Gasteiger partial charge < -0.3 is 15.6 Å². The minimum atomic E-state index is 0.701. The van der Waals surface area contributed by atoms with Gasteiger partial charge in [0.1, 0.15) is 11.6 Å². The minimum absolute atomic E-state index is 0.701. The second-order valence-electron chi connectivity index (χ2n) is 5.06. The van der Waals surface area contributed by atoms with Crippen LogP contribution in [-0.2, 0) is 0 Å². The Balaban J connectivity index is 2.15. The van der Waals surface area contributed by atoms with E-state index in [9.17, 15) is 0 Å². The molecule has 2 aromatic heterocycles. The zero-order chi connectivity index (χ0) is 14.3. The zero-order valence-corrected chi connectivity index (χ0v) is 11.8. The number of aromatic nitrogens is 3. The Hall–Kier alpha value is -2.56. The number of rotatable bonds is 2. The summed E-state index contributed by atoms with van der Waals surface area (Å²) in [6, 6.07) is 9.88. The Morgan fingerprint density at radius 1 is 1.10 bits per heavy atom. The van der Waals surface area contributed by atoms with Gasteiger partial charge in [0.05, 0.1) is 5.52 Å². The molecule has 0 saturated carbocycles. The molecule has 0 aliphatic carbocycles. The lowest BCUT2D eigenvalue weighted by molar-refractivity contribution is 1.08. The number of aryl methyl sites for hydroxylation is 1. The van der Waals surface area contributed by atoms with Crippen LogP contribution in [0, 0.1) is 6.92 Å². The average molecular weight is 267 g/mol. The van der Waals surface area contributed by atoms with Crippen molar-refractivity contribution in [2.75, 3.05) is 24.7 Å². The minimum Gasteiger partial charge on any atom is -0.398 e. The number of imidazole rings is 1. The Morgan fingerprint density at radius 2 is 1.90 bits per heavy atom. The molecule has 0 saturated heterocycles. The van der Waals surface area contributed by atoms with Gasteiger partial charge in [-0.3, -0.25) is 0 Å². The van der Waals surface area contributed by atoms with Crippen LogP contribution in [0.5, 0.6) is 0 Å². The second kappa shape index (κ2) is 4.52. The summed E-state index contributed by atoms with van der Waals surface area (Å²) in [5.41, 5.74) is 10.4. The van der Waals surface area contributed by atoms with Crippen molar-refractivity contribution < 1.29 is 0 Å². The molecule has 0 amide bonds. The fourth-order valence-corrected chi connectivity index (χ4v) is 2.15. The number of nitrogens with zero attached hydrogens (tertiary/aromatic N) is 3.